The lowest BCUT2D eigenvalue weighted by molar-refractivity contribution is 0.150. The lowest BCUT2D eigenvalue weighted by Gasteiger charge is -2.01. The minimum Gasteiger partial charge on any atom is -0.307 e. The molecule has 0 atom stereocenters. The number of nitrogens with one attached hydrogen (secondary N) is 2. The van der Waals surface area contributed by atoms with Gasteiger partial charge in [-0.15, -0.1) is 10.2 Å². The molecule has 9 heteroatoms. The molecular formula is C8H6F2N4OS2. The highest BCUT2D eigenvalue weighted by Crippen LogP contribution is 2.25. The second-order valence-corrected chi connectivity index (χ2v) is 4.63. The summed E-state index contributed by atoms with van der Waals surface area (Å²) in [5, 5.41) is 14.7. The molecule has 0 unspecified atom stereocenters. The van der Waals surface area contributed by atoms with E-state index in [0.29, 0.717) is 17.0 Å². The van der Waals surface area contributed by atoms with Gasteiger partial charge in [-0.1, -0.05) is 11.3 Å². The predicted octanol–water partition coefficient (Wildman–Crippen LogP) is 3.18. The average Bonchev–Trinajstić information content (AvgIpc) is 2.88. The number of aromatic nitrogens is 2. The lowest BCUT2D eigenvalue weighted by atomic mass is 10.5. The fourth-order valence-corrected chi connectivity index (χ4v) is 2.15. The van der Waals surface area contributed by atoms with Crippen LogP contribution in [-0.4, -0.2) is 16.2 Å². The number of carbonyl (C=O) groups is 1. The molecule has 2 aromatic heterocycles. The Kier molecular flexibility index (Phi) is 3.59. The smallest absolute Gasteiger partial charge is 0.307 e. The van der Waals surface area contributed by atoms with Crippen LogP contribution in [0, 0.1) is 0 Å². The molecule has 0 saturated carbocycles. The van der Waals surface area contributed by atoms with Crippen molar-refractivity contribution in [2.45, 2.75) is 6.43 Å². The summed E-state index contributed by atoms with van der Waals surface area (Å²) in [5.74, 6) is 0. The molecule has 2 amide bonds. The van der Waals surface area contributed by atoms with Crippen molar-refractivity contribution in [2.75, 3.05) is 10.6 Å². The summed E-state index contributed by atoms with van der Waals surface area (Å²) in [4.78, 5) is 11.4. The standard InChI is InChI=1S/C8H6F2N4OS2/c9-5(10)6-13-14-8(17-6)12-7(15)11-4-1-2-16-3-4/h1-3,5H,(H2,11,12,14,15). The molecule has 2 aromatic rings. The second-order valence-electron chi connectivity index (χ2n) is 2.84. The Morgan fingerprint density at radius 2 is 2.18 bits per heavy atom. The third-order valence-corrected chi connectivity index (χ3v) is 3.16. The number of amides is 2. The molecule has 2 heterocycles. The molecule has 0 aliphatic heterocycles. The molecule has 90 valence electrons. The number of alkyl halides is 2. The van der Waals surface area contributed by atoms with Crippen molar-refractivity contribution in [3.05, 3.63) is 21.8 Å². The highest BCUT2D eigenvalue weighted by atomic mass is 32.1. The topological polar surface area (TPSA) is 66.9 Å². The van der Waals surface area contributed by atoms with Crippen molar-refractivity contribution in [1.29, 1.82) is 0 Å². The van der Waals surface area contributed by atoms with Crippen LogP contribution < -0.4 is 10.6 Å². The summed E-state index contributed by atoms with van der Waals surface area (Å²) in [5.41, 5.74) is 0.631. The van der Waals surface area contributed by atoms with Crippen LogP contribution in [0.1, 0.15) is 11.4 Å². The van der Waals surface area contributed by atoms with E-state index in [0.717, 1.165) is 0 Å². The van der Waals surface area contributed by atoms with Crippen LogP contribution in [0.5, 0.6) is 0 Å². The van der Waals surface area contributed by atoms with E-state index in [1.165, 1.54) is 11.3 Å². The number of urea groups is 1. The maximum absolute atomic E-state index is 12.2. The van der Waals surface area contributed by atoms with Gasteiger partial charge in [0.1, 0.15) is 0 Å². The summed E-state index contributed by atoms with van der Waals surface area (Å²) in [6, 6.07) is 1.18. The predicted molar refractivity (Wildman–Crippen MR) is 61.8 cm³/mol. The Bertz CT molecular complexity index is 499. The maximum Gasteiger partial charge on any atom is 0.325 e. The zero-order valence-corrected chi connectivity index (χ0v) is 9.82. The minimum absolute atomic E-state index is 0.0352. The Hall–Kier alpha value is -1.61. The van der Waals surface area contributed by atoms with Gasteiger partial charge in [0.25, 0.3) is 6.43 Å². The first-order chi connectivity index (χ1) is 8.15. The van der Waals surface area contributed by atoms with Gasteiger partial charge in [0.15, 0.2) is 5.01 Å². The van der Waals surface area contributed by atoms with Crippen LogP contribution in [0.3, 0.4) is 0 Å². The van der Waals surface area contributed by atoms with E-state index in [1.54, 1.807) is 16.8 Å². The number of carbonyl (C=O) groups excluding carboxylic acids is 1. The number of nitrogens with zero attached hydrogens (tertiary/aromatic N) is 2. The molecule has 0 spiro atoms. The molecule has 0 saturated heterocycles. The van der Waals surface area contributed by atoms with E-state index >= 15 is 0 Å². The Morgan fingerprint density at radius 1 is 1.35 bits per heavy atom. The number of hydrogen-bond donors (Lipinski definition) is 2. The second kappa shape index (κ2) is 5.15. The lowest BCUT2D eigenvalue weighted by Crippen LogP contribution is -2.18. The zero-order chi connectivity index (χ0) is 12.3. The van der Waals surface area contributed by atoms with Crippen molar-refractivity contribution in [1.82, 2.24) is 10.2 Å². The SMILES string of the molecule is O=C(Nc1ccsc1)Nc1nnc(C(F)F)s1. The number of rotatable bonds is 3. The van der Waals surface area contributed by atoms with Crippen molar-refractivity contribution in [2.24, 2.45) is 0 Å². The first-order valence-electron chi connectivity index (χ1n) is 4.37. The van der Waals surface area contributed by atoms with E-state index in [4.69, 9.17) is 0 Å². The first-order valence-corrected chi connectivity index (χ1v) is 6.13. The van der Waals surface area contributed by atoms with Gasteiger partial charge in [-0.05, 0) is 11.4 Å². The molecule has 0 aliphatic carbocycles. The van der Waals surface area contributed by atoms with Crippen molar-refractivity contribution in [3.8, 4) is 0 Å². The summed E-state index contributed by atoms with van der Waals surface area (Å²) >= 11 is 2.07. The largest absolute Gasteiger partial charge is 0.325 e. The normalized spacial score (nSPS) is 10.5. The van der Waals surface area contributed by atoms with Crippen LogP contribution in [0.15, 0.2) is 16.8 Å². The molecule has 17 heavy (non-hydrogen) atoms. The van der Waals surface area contributed by atoms with Crippen LogP contribution in [0.2, 0.25) is 0 Å². The number of hydrogen-bond acceptors (Lipinski definition) is 5. The molecule has 0 radical (unpaired) electrons. The Balaban J connectivity index is 1.93. The van der Waals surface area contributed by atoms with E-state index in [2.05, 4.69) is 20.8 Å². The molecule has 0 aromatic carbocycles. The van der Waals surface area contributed by atoms with Gasteiger partial charge in [0, 0.05) is 5.38 Å². The molecule has 2 N–H and O–H groups in total. The van der Waals surface area contributed by atoms with E-state index in [9.17, 15) is 13.6 Å². The third kappa shape index (κ3) is 3.17. The van der Waals surface area contributed by atoms with Crippen LogP contribution in [0.4, 0.5) is 24.4 Å². The van der Waals surface area contributed by atoms with Gasteiger partial charge in [-0.25, -0.2) is 13.6 Å². The van der Waals surface area contributed by atoms with Crippen LogP contribution in [0.25, 0.3) is 0 Å². The highest BCUT2D eigenvalue weighted by Gasteiger charge is 2.15. The van der Waals surface area contributed by atoms with E-state index in [1.807, 2.05) is 0 Å². The fraction of sp³-hybridized carbons (Fsp3) is 0.125. The Labute approximate surface area is 102 Å². The molecule has 2 rings (SSSR count). The highest BCUT2D eigenvalue weighted by molar-refractivity contribution is 7.15. The van der Waals surface area contributed by atoms with Crippen LogP contribution >= 0.6 is 22.7 Å². The molecule has 0 bridgehead atoms. The first kappa shape index (κ1) is 11.9. The molecule has 0 fully saturated rings. The molecule has 5 nitrogen and oxygen atoms in total. The van der Waals surface area contributed by atoms with Crippen molar-refractivity contribution < 1.29 is 13.6 Å². The van der Waals surface area contributed by atoms with Gasteiger partial charge in [0.2, 0.25) is 5.13 Å². The zero-order valence-electron chi connectivity index (χ0n) is 8.18. The quantitative estimate of drug-likeness (QED) is 0.904. The number of halogens is 2. The van der Waals surface area contributed by atoms with Gasteiger partial charge in [-0.3, -0.25) is 5.32 Å². The number of anilines is 2. The fourth-order valence-electron chi connectivity index (χ4n) is 0.968. The Morgan fingerprint density at radius 3 is 2.76 bits per heavy atom. The van der Waals surface area contributed by atoms with Crippen molar-refractivity contribution >= 4 is 39.5 Å². The minimum atomic E-state index is -2.68. The number of thiophene rings is 1. The van der Waals surface area contributed by atoms with Gasteiger partial charge < -0.3 is 5.32 Å². The summed E-state index contributed by atoms with van der Waals surface area (Å²) in [6.07, 6.45) is -2.68. The van der Waals surface area contributed by atoms with Gasteiger partial charge in [0.05, 0.1) is 5.69 Å². The van der Waals surface area contributed by atoms with E-state index in [-0.39, 0.29) is 5.13 Å². The molecular weight excluding hydrogens is 270 g/mol. The average molecular weight is 276 g/mol. The van der Waals surface area contributed by atoms with Crippen molar-refractivity contribution in [3.63, 3.8) is 0 Å². The van der Waals surface area contributed by atoms with Gasteiger partial charge in [-0.2, -0.15) is 11.3 Å². The van der Waals surface area contributed by atoms with Gasteiger partial charge >= 0.3 is 6.03 Å². The molecule has 0 aliphatic rings. The third-order valence-electron chi connectivity index (χ3n) is 1.63. The summed E-state index contributed by atoms with van der Waals surface area (Å²) in [6.45, 7) is 0. The van der Waals surface area contributed by atoms with E-state index < -0.39 is 17.5 Å². The summed E-state index contributed by atoms with van der Waals surface area (Å²) in [7, 11) is 0. The monoisotopic (exact) mass is 276 g/mol. The maximum atomic E-state index is 12.2. The van der Waals surface area contributed by atoms with Crippen LogP contribution in [-0.2, 0) is 0 Å². The summed E-state index contributed by atoms with van der Waals surface area (Å²) < 4.78 is 24.4.